The molecule has 24 heavy (non-hydrogen) atoms. The van der Waals surface area contributed by atoms with Gasteiger partial charge < -0.3 is 15.5 Å². The molecular formula is C18H32ClN3O2. The highest BCUT2D eigenvalue weighted by atomic mass is 35.5. The highest BCUT2D eigenvalue weighted by molar-refractivity contribution is 5.89. The van der Waals surface area contributed by atoms with E-state index >= 15 is 0 Å². The first-order valence-corrected chi connectivity index (χ1v) is 9.41. The fourth-order valence-corrected chi connectivity index (χ4v) is 4.30. The third-order valence-corrected chi connectivity index (χ3v) is 5.92. The highest BCUT2D eigenvalue weighted by Gasteiger charge is 2.38. The molecule has 6 heteroatoms. The van der Waals surface area contributed by atoms with Crippen LogP contribution in [0.1, 0.15) is 51.9 Å². The molecule has 2 heterocycles. The van der Waals surface area contributed by atoms with E-state index < -0.39 is 0 Å². The molecule has 2 saturated heterocycles. The Morgan fingerprint density at radius 3 is 2.67 bits per heavy atom. The number of hydrogen-bond acceptors (Lipinski definition) is 3. The van der Waals surface area contributed by atoms with Crippen LogP contribution in [-0.4, -0.2) is 48.9 Å². The molecule has 3 rings (SSSR count). The van der Waals surface area contributed by atoms with Crippen LogP contribution in [0.5, 0.6) is 0 Å². The number of likely N-dealkylation sites (tertiary alicyclic amines) is 1. The predicted molar refractivity (Wildman–Crippen MR) is 97.1 cm³/mol. The van der Waals surface area contributed by atoms with Gasteiger partial charge in [0.15, 0.2) is 0 Å². The van der Waals surface area contributed by atoms with Crippen molar-refractivity contribution >= 4 is 24.2 Å². The van der Waals surface area contributed by atoms with Gasteiger partial charge in [-0.3, -0.25) is 9.59 Å². The van der Waals surface area contributed by atoms with E-state index in [1.54, 1.807) is 0 Å². The van der Waals surface area contributed by atoms with Crippen LogP contribution in [0.25, 0.3) is 0 Å². The van der Waals surface area contributed by atoms with Gasteiger partial charge in [-0.2, -0.15) is 0 Å². The molecule has 1 saturated carbocycles. The fraction of sp³-hybridized carbons (Fsp3) is 0.889. The SMILES string of the molecule is CC1CCC(N2CC(C(=O)NCC3CCCNC3)CC2=O)CC1.Cl. The van der Waals surface area contributed by atoms with E-state index in [2.05, 4.69) is 17.6 Å². The Morgan fingerprint density at radius 2 is 2.00 bits per heavy atom. The highest BCUT2D eigenvalue weighted by Crippen LogP contribution is 2.31. The zero-order valence-electron chi connectivity index (χ0n) is 14.8. The fourth-order valence-electron chi connectivity index (χ4n) is 4.30. The van der Waals surface area contributed by atoms with Crippen molar-refractivity contribution in [2.24, 2.45) is 17.8 Å². The molecule has 0 spiro atoms. The number of halogens is 1. The lowest BCUT2D eigenvalue weighted by molar-refractivity contribution is -0.131. The van der Waals surface area contributed by atoms with Gasteiger partial charge in [0.05, 0.1) is 5.92 Å². The number of carbonyl (C=O) groups is 2. The maximum Gasteiger partial charge on any atom is 0.225 e. The van der Waals surface area contributed by atoms with Gasteiger partial charge >= 0.3 is 0 Å². The summed E-state index contributed by atoms with van der Waals surface area (Å²) in [6.45, 7) is 5.76. The summed E-state index contributed by atoms with van der Waals surface area (Å²) in [6.07, 6.45) is 7.41. The summed E-state index contributed by atoms with van der Waals surface area (Å²) in [5.41, 5.74) is 0. The lowest BCUT2D eigenvalue weighted by atomic mass is 9.87. The average molecular weight is 358 g/mol. The Labute approximate surface area is 151 Å². The minimum Gasteiger partial charge on any atom is -0.355 e. The van der Waals surface area contributed by atoms with Crippen molar-refractivity contribution in [3.63, 3.8) is 0 Å². The van der Waals surface area contributed by atoms with Gasteiger partial charge in [0.25, 0.3) is 0 Å². The van der Waals surface area contributed by atoms with Gasteiger partial charge in [-0.15, -0.1) is 12.4 Å². The maximum atomic E-state index is 12.4. The smallest absolute Gasteiger partial charge is 0.225 e. The molecule has 138 valence electrons. The molecule has 0 aromatic heterocycles. The number of hydrogen-bond donors (Lipinski definition) is 2. The monoisotopic (exact) mass is 357 g/mol. The third kappa shape index (κ3) is 4.85. The zero-order chi connectivity index (χ0) is 16.2. The molecule has 2 aliphatic heterocycles. The van der Waals surface area contributed by atoms with Gasteiger partial charge in [-0.25, -0.2) is 0 Å². The quantitative estimate of drug-likeness (QED) is 0.808. The summed E-state index contributed by atoms with van der Waals surface area (Å²) < 4.78 is 0. The van der Waals surface area contributed by atoms with Gasteiger partial charge in [0, 0.05) is 25.6 Å². The molecule has 1 aliphatic carbocycles. The van der Waals surface area contributed by atoms with E-state index in [1.165, 1.54) is 25.7 Å². The van der Waals surface area contributed by atoms with Crippen molar-refractivity contribution in [1.29, 1.82) is 0 Å². The predicted octanol–water partition coefficient (Wildman–Crippen LogP) is 1.95. The van der Waals surface area contributed by atoms with Crippen LogP contribution in [0.3, 0.4) is 0 Å². The van der Waals surface area contributed by atoms with E-state index in [0.29, 0.717) is 24.9 Å². The lowest BCUT2D eigenvalue weighted by Gasteiger charge is -2.33. The van der Waals surface area contributed by atoms with Crippen LogP contribution < -0.4 is 10.6 Å². The lowest BCUT2D eigenvalue weighted by Crippen LogP contribution is -2.42. The maximum absolute atomic E-state index is 12.4. The molecule has 2 N–H and O–H groups in total. The zero-order valence-corrected chi connectivity index (χ0v) is 15.6. The van der Waals surface area contributed by atoms with Crippen LogP contribution in [0, 0.1) is 17.8 Å². The second kappa shape index (κ2) is 9.04. The second-order valence-electron chi connectivity index (χ2n) is 7.82. The topological polar surface area (TPSA) is 61.4 Å². The number of amides is 2. The molecule has 0 radical (unpaired) electrons. The van der Waals surface area contributed by atoms with Crippen LogP contribution >= 0.6 is 12.4 Å². The largest absolute Gasteiger partial charge is 0.355 e. The molecule has 2 amide bonds. The first-order chi connectivity index (χ1) is 11.1. The van der Waals surface area contributed by atoms with Crippen molar-refractivity contribution in [1.82, 2.24) is 15.5 Å². The molecule has 0 bridgehead atoms. The molecule has 0 aromatic rings. The van der Waals surface area contributed by atoms with Crippen molar-refractivity contribution in [3.05, 3.63) is 0 Å². The second-order valence-corrected chi connectivity index (χ2v) is 7.82. The first-order valence-electron chi connectivity index (χ1n) is 9.41. The molecule has 2 unspecified atom stereocenters. The third-order valence-electron chi connectivity index (χ3n) is 5.92. The number of piperidine rings is 1. The Morgan fingerprint density at radius 1 is 1.25 bits per heavy atom. The van der Waals surface area contributed by atoms with E-state index in [-0.39, 0.29) is 30.1 Å². The van der Waals surface area contributed by atoms with E-state index in [0.717, 1.165) is 38.4 Å². The minimum absolute atomic E-state index is 0. The van der Waals surface area contributed by atoms with Crippen molar-refractivity contribution in [2.75, 3.05) is 26.2 Å². The standard InChI is InChI=1S/C18H31N3O2.ClH/c1-13-4-6-16(7-5-13)21-12-15(9-17(21)22)18(23)20-11-14-3-2-8-19-10-14;/h13-16,19H,2-12H2,1H3,(H,20,23);1H. The van der Waals surface area contributed by atoms with E-state index in [1.807, 2.05) is 4.90 Å². The number of nitrogens with zero attached hydrogens (tertiary/aromatic N) is 1. The van der Waals surface area contributed by atoms with Gasteiger partial charge in [0.1, 0.15) is 0 Å². The molecule has 2 atom stereocenters. The Kier molecular flexibility index (Phi) is 7.35. The molecule has 3 fully saturated rings. The van der Waals surface area contributed by atoms with Crippen LogP contribution in [0.4, 0.5) is 0 Å². The summed E-state index contributed by atoms with van der Waals surface area (Å²) in [5, 5.41) is 6.46. The van der Waals surface area contributed by atoms with Crippen LogP contribution in [0.2, 0.25) is 0 Å². The molecule has 0 aromatic carbocycles. The van der Waals surface area contributed by atoms with Crippen molar-refractivity contribution < 1.29 is 9.59 Å². The summed E-state index contributed by atoms with van der Waals surface area (Å²) >= 11 is 0. The van der Waals surface area contributed by atoms with E-state index in [4.69, 9.17) is 0 Å². The Balaban J connectivity index is 0.00000208. The van der Waals surface area contributed by atoms with Gasteiger partial charge in [0.2, 0.25) is 11.8 Å². The first kappa shape index (κ1) is 19.5. The summed E-state index contributed by atoms with van der Waals surface area (Å²) in [4.78, 5) is 26.7. The summed E-state index contributed by atoms with van der Waals surface area (Å²) in [7, 11) is 0. The number of carbonyl (C=O) groups excluding carboxylic acids is 2. The molecule has 3 aliphatic rings. The van der Waals surface area contributed by atoms with Crippen LogP contribution in [0.15, 0.2) is 0 Å². The summed E-state index contributed by atoms with van der Waals surface area (Å²) in [6, 6.07) is 0.374. The molecule has 5 nitrogen and oxygen atoms in total. The number of nitrogens with one attached hydrogen (secondary N) is 2. The van der Waals surface area contributed by atoms with Crippen molar-refractivity contribution in [3.8, 4) is 0 Å². The van der Waals surface area contributed by atoms with Crippen LogP contribution in [-0.2, 0) is 9.59 Å². The van der Waals surface area contributed by atoms with Crippen molar-refractivity contribution in [2.45, 2.75) is 57.9 Å². The summed E-state index contributed by atoms with van der Waals surface area (Å²) in [5.74, 6) is 1.45. The Hall–Kier alpha value is -0.810. The minimum atomic E-state index is -0.140. The van der Waals surface area contributed by atoms with E-state index in [9.17, 15) is 9.59 Å². The molecular weight excluding hydrogens is 326 g/mol. The number of rotatable bonds is 4. The normalized spacial score (nSPS) is 33.9. The Bertz CT molecular complexity index is 432. The average Bonchev–Trinajstić information content (AvgIpc) is 2.96. The van der Waals surface area contributed by atoms with Gasteiger partial charge in [-0.1, -0.05) is 6.92 Å². The van der Waals surface area contributed by atoms with Gasteiger partial charge in [-0.05, 0) is 63.5 Å².